The Balaban J connectivity index is 2.98. The highest BCUT2D eigenvalue weighted by Crippen LogP contribution is 2.11. The molecule has 0 atom stereocenters. The highest BCUT2D eigenvalue weighted by molar-refractivity contribution is 6.57. The summed E-state index contributed by atoms with van der Waals surface area (Å²) in [6, 6.07) is 1.18. The SMILES string of the molecule is CCN(CC)c1cnn(C[B-](F)(F)F)c(=O)c1. The zero-order valence-electron chi connectivity index (χ0n) is 9.74. The molecule has 1 aromatic heterocycles. The molecule has 0 saturated heterocycles. The molecule has 1 aromatic rings. The van der Waals surface area contributed by atoms with E-state index < -0.39 is 19.0 Å². The Morgan fingerprint density at radius 3 is 2.35 bits per heavy atom. The van der Waals surface area contributed by atoms with Crippen molar-refractivity contribution in [2.45, 2.75) is 20.3 Å². The van der Waals surface area contributed by atoms with Crippen LogP contribution in [-0.2, 0) is 6.44 Å². The molecule has 1 heterocycles. The summed E-state index contributed by atoms with van der Waals surface area (Å²) < 4.78 is 36.9. The molecule has 4 nitrogen and oxygen atoms in total. The monoisotopic (exact) mass is 248 g/mol. The Kier molecular flexibility index (Phi) is 4.19. The molecular formula is C9H14BF3N3O-. The van der Waals surface area contributed by atoms with Crippen molar-refractivity contribution in [1.29, 1.82) is 0 Å². The Bertz CT molecular complexity index is 428. The van der Waals surface area contributed by atoms with Gasteiger partial charge in [-0.15, -0.1) is 0 Å². The highest BCUT2D eigenvalue weighted by atomic mass is 19.4. The fraction of sp³-hybridized carbons (Fsp3) is 0.556. The van der Waals surface area contributed by atoms with Crippen LogP contribution in [-0.4, -0.2) is 29.8 Å². The molecule has 0 aromatic carbocycles. The summed E-state index contributed by atoms with van der Waals surface area (Å²) in [4.78, 5) is 13.3. The quantitative estimate of drug-likeness (QED) is 0.740. The first kappa shape index (κ1) is 13.6. The topological polar surface area (TPSA) is 38.1 Å². The molecule has 17 heavy (non-hydrogen) atoms. The number of hydrogen-bond donors (Lipinski definition) is 0. The van der Waals surface area contributed by atoms with Crippen molar-refractivity contribution < 1.29 is 12.9 Å². The van der Waals surface area contributed by atoms with E-state index in [0.29, 0.717) is 23.5 Å². The minimum atomic E-state index is -5.05. The van der Waals surface area contributed by atoms with Crippen molar-refractivity contribution in [3.05, 3.63) is 22.6 Å². The average molecular weight is 248 g/mol. The number of hydrogen-bond acceptors (Lipinski definition) is 3. The summed E-state index contributed by atoms with van der Waals surface area (Å²) in [6.45, 7) is 0.0843. The fourth-order valence-electron chi connectivity index (χ4n) is 1.52. The Hall–Kier alpha value is -1.47. The molecule has 0 aliphatic carbocycles. The van der Waals surface area contributed by atoms with Gasteiger partial charge in [0.1, 0.15) is 0 Å². The standard InChI is InChI=1S/C9H14BF3N3O/c1-3-15(4-2)8-5-9(17)16(14-6-8)7-10(11,12)13/h5-6H,3-4,7H2,1-2H3/q-1. The van der Waals surface area contributed by atoms with E-state index in [0.717, 1.165) is 0 Å². The molecule has 0 aliphatic rings. The van der Waals surface area contributed by atoms with E-state index >= 15 is 0 Å². The third-order valence-electron chi connectivity index (χ3n) is 2.36. The third-order valence-corrected chi connectivity index (χ3v) is 2.36. The van der Waals surface area contributed by atoms with Gasteiger partial charge in [0, 0.05) is 25.6 Å². The van der Waals surface area contributed by atoms with E-state index in [-0.39, 0.29) is 0 Å². The van der Waals surface area contributed by atoms with Gasteiger partial charge >= 0.3 is 6.98 Å². The van der Waals surface area contributed by atoms with Crippen LogP contribution in [0.25, 0.3) is 0 Å². The van der Waals surface area contributed by atoms with Crippen molar-refractivity contribution in [3.63, 3.8) is 0 Å². The molecule has 0 fully saturated rings. The van der Waals surface area contributed by atoms with Gasteiger partial charge in [-0.2, -0.15) is 5.10 Å². The summed E-state index contributed by atoms with van der Waals surface area (Å²) in [5.41, 5.74) is -0.181. The van der Waals surface area contributed by atoms with E-state index in [1.54, 1.807) is 0 Å². The molecule has 1 rings (SSSR count). The second kappa shape index (κ2) is 5.24. The lowest BCUT2D eigenvalue weighted by Gasteiger charge is -2.21. The maximum Gasteiger partial charge on any atom is 0.499 e. The molecule has 8 heteroatoms. The van der Waals surface area contributed by atoms with Crippen LogP contribution in [0, 0.1) is 0 Å². The van der Waals surface area contributed by atoms with E-state index in [1.807, 2.05) is 18.7 Å². The van der Waals surface area contributed by atoms with Crippen LogP contribution in [0.4, 0.5) is 18.6 Å². The second-order valence-corrected chi connectivity index (χ2v) is 3.62. The van der Waals surface area contributed by atoms with Crippen LogP contribution < -0.4 is 10.5 Å². The number of halogens is 3. The third kappa shape index (κ3) is 3.79. The first-order valence-corrected chi connectivity index (χ1v) is 5.40. The van der Waals surface area contributed by atoms with E-state index in [4.69, 9.17) is 0 Å². The summed E-state index contributed by atoms with van der Waals surface area (Å²) in [6.07, 6.45) is -0.00637. The average Bonchev–Trinajstić information content (AvgIpc) is 2.22. The summed E-state index contributed by atoms with van der Waals surface area (Å²) in [5, 5.41) is 3.54. The molecule has 96 valence electrons. The maximum absolute atomic E-state index is 12.2. The lowest BCUT2D eigenvalue weighted by Crippen LogP contribution is -2.34. The van der Waals surface area contributed by atoms with E-state index in [9.17, 15) is 17.7 Å². The Morgan fingerprint density at radius 2 is 1.94 bits per heavy atom. The minimum absolute atomic E-state index is 0.438. The second-order valence-electron chi connectivity index (χ2n) is 3.62. The Labute approximate surface area is 97.1 Å². The van der Waals surface area contributed by atoms with Crippen LogP contribution >= 0.6 is 0 Å². The maximum atomic E-state index is 12.2. The van der Waals surface area contributed by atoms with Gasteiger partial charge in [-0.25, -0.2) is 0 Å². The van der Waals surface area contributed by atoms with Crippen LogP contribution in [0.2, 0.25) is 0 Å². The van der Waals surface area contributed by atoms with Gasteiger partial charge in [-0.1, -0.05) is 0 Å². The normalized spacial score (nSPS) is 11.6. The lowest BCUT2D eigenvalue weighted by atomic mass is 9.93. The van der Waals surface area contributed by atoms with Gasteiger partial charge in [-0.05, 0) is 13.8 Å². The van der Waals surface area contributed by atoms with Crippen LogP contribution in [0.1, 0.15) is 13.8 Å². The Morgan fingerprint density at radius 1 is 1.35 bits per heavy atom. The lowest BCUT2D eigenvalue weighted by molar-refractivity contribution is 0.430. The molecule has 0 N–H and O–H groups in total. The van der Waals surface area contributed by atoms with Crippen molar-refractivity contribution in [3.8, 4) is 0 Å². The minimum Gasteiger partial charge on any atom is -0.448 e. The smallest absolute Gasteiger partial charge is 0.448 e. The van der Waals surface area contributed by atoms with Gasteiger partial charge in [0.15, 0.2) is 0 Å². The van der Waals surface area contributed by atoms with Crippen molar-refractivity contribution >= 4 is 12.7 Å². The van der Waals surface area contributed by atoms with E-state index in [2.05, 4.69) is 5.10 Å². The van der Waals surface area contributed by atoms with Crippen molar-refractivity contribution in [1.82, 2.24) is 9.78 Å². The predicted molar refractivity (Wildman–Crippen MR) is 61.1 cm³/mol. The zero-order chi connectivity index (χ0) is 13.1. The van der Waals surface area contributed by atoms with Crippen LogP contribution in [0.15, 0.2) is 17.1 Å². The summed E-state index contributed by atoms with van der Waals surface area (Å²) in [5.74, 6) is 0. The predicted octanol–water partition coefficient (Wildman–Crippen LogP) is 1.48. The number of anilines is 1. The molecule has 0 unspecified atom stereocenters. The molecular weight excluding hydrogens is 234 g/mol. The molecule has 0 radical (unpaired) electrons. The van der Waals surface area contributed by atoms with Gasteiger partial charge in [0.05, 0.1) is 11.9 Å². The summed E-state index contributed by atoms with van der Waals surface area (Å²) in [7, 11) is 0. The molecule has 0 amide bonds. The number of nitrogens with zero attached hydrogens (tertiary/aromatic N) is 3. The largest absolute Gasteiger partial charge is 0.499 e. The number of aromatic nitrogens is 2. The highest BCUT2D eigenvalue weighted by Gasteiger charge is 2.24. The van der Waals surface area contributed by atoms with Gasteiger partial charge in [0.25, 0.3) is 5.56 Å². The molecule has 0 spiro atoms. The van der Waals surface area contributed by atoms with Crippen molar-refractivity contribution in [2.24, 2.45) is 0 Å². The van der Waals surface area contributed by atoms with Crippen molar-refractivity contribution in [2.75, 3.05) is 18.0 Å². The van der Waals surface area contributed by atoms with Gasteiger partial charge in [0.2, 0.25) is 0 Å². The molecule has 0 bridgehead atoms. The molecule has 0 aliphatic heterocycles. The van der Waals surface area contributed by atoms with Crippen LogP contribution in [0.5, 0.6) is 0 Å². The molecule has 0 saturated carbocycles. The number of rotatable bonds is 5. The van der Waals surface area contributed by atoms with Crippen LogP contribution in [0.3, 0.4) is 0 Å². The zero-order valence-corrected chi connectivity index (χ0v) is 9.74. The van der Waals surface area contributed by atoms with Gasteiger partial charge in [-0.3, -0.25) is 9.48 Å². The fourth-order valence-corrected chi connectivity index (χ4v) is 1.52. The first-order chi connectivity index (χ1) is 7.87. The van der Waals surface area contributed by atoms with E-state index in [1.165, 1.54) is 12.3 Å². The van der Waals surface area contributed by atoms with Gasteiger partial charge < -0.3 is 17.8 Å². The first-order valence-electron chi connectivity index (χ1n) is 5.40. The summed E-state index contributed by atoms with van der Waals surface area (Å²) >= 11 is 0.